The predicted octanol–water partition coefficient (Wildman–Crippen LogP) is 16.5. The average Bonchev–Trinajstić information content (AvgIpc) is 3.79. The molecule has 0 atom stereocenters. The number of hydrogen-bond acceptors (Lipinski definition) is 2. The zero-order chi connectivity index (χ0) is 45.9. The fourth-order valence-corrected chi connectivity index (χ4v) is 8.13. The van der Waals surface area contributed by atoms with E-state index < -0.39 is 12.1 Å². The van der Waals surface area contributed by atoms with Gasteiger partial charge in [-0.1, -0.05) is 188 Å². The third-order valence-corrected chi connectivity index (χ3v) is 11.2. The first-order valence-corrected chi connectivity index (χ1v) is 19.9. The van der Waals surface area contributed by atoms with Crippen molar-refractivity contribution < 1.29 is 14.0 Å². The molecule has 0 N–H and O–H groups in total. The van der Waals surface area contributed by atoms with Gasteiger partial charge in [-0.25, -0.2) is 0 Å². The van der Waals surface area contributed by atoms with E-state index in [0.717, 1.165) is 56.0 Å². The largest absolute Gasteiger partial charge is 0.456 e. The predicted molar refractivity (Wildman–Crippen MR) is 253 cm³/mol. The van der Waals surface area contributed by atoms with Crippen LogP contribution in [-0.2, 0) is 0 Å². The zero-order valence-corrected chi connectivity index (χ0v) is 32.3. The van der Waals surface area contributed by atoms with Gasteiger partial charge in [-0.3, -0.25) is 0 Å². The van der Waals surface area contributed by atoms with E-state index in [9.17, 15) is 1.37 Å². The molecule has 2 nitrogen and oxygen atoms in total. The van der Waals surface area contributed by atoms with Crippen LogP contribution in [0.5, 0.6) is 0 Å². The number of hydrogen-bond donors (Lipinski definition) is 0. The Labute approximate surface area is 359 Å². The lowest BCUT2D eigenvalue weighted by molar-refractivity contribution is 0.669. The number of rotatable bonds is 8. The Kier molecular flexibility index (Phi) is 7.16. The first-order valence-electron chi connectivity index (χ1n) is 23.4. The van der Waals surface area contributed by atoms with Crippen molar-refractivity contribution in [1.29, 1.82) is 0 Å². The first kappa shape index (κ1) is 28.5. The van der Waals surface area contributed by atoms with Crippen LogP contribution in [0, 0.1) is 0 Å². The van der Waals surface area contributed by atoms with Crippen LogP contribution in [0.2, 0.25) is 0 Å². The van der Waals surface area contributed by atoms with E-state index >= 15 is 0 Å². The van der Waals surface area contributed by atoms with E-state index in [0.29, 0.717) is 16.3 Å². The second-order valence-electron chi connectivity index (χ2n) is 14.8. The molecule has 2 heteroatoms. The molecule has 1 heterocycles. The normalized spacial score (nSPS) is 13.0. The summed E-state index contributed by atoms with van der Waals surface area (Å²) in [5.41, 5.74) is 13.1. The summed E-state index contributed by atoms with van der Waals surface area (Å²) in [5, 5.41) is 0.991. The van der Waals surface area contributed by atoms with Gasteiger partial charge in [-0.2, -0.15) is 0 Å². The fraction of sp³-hybridized carbons (Fsp3) is 0. The molecular weight excluding hydrogens is 727 g/mol. The summed E-state index contributed by atoms with van der Waals surface area (Å²) in [4.78, 5) is 2.30. The third kappa shape index (κ3) is 6.51. The minimum atomic E-state index is -0.446. The Balaban J connectivity index is 0.946. The van der Waals surface area contributed by atoms with Crippen molar-refractivity contribution in [3.05, 3.63) is 236 Å². The summed E-state index contributed by atoms with van der Waals surface area (Å²) in [6, 6.07) is 64.8. The second-order valence-corrected chi connectivity index (χ2v) is 14.8. The molecule has 0 spiro atoms. The number of para-hydroxylation sites is 2. The highest BCUT2D eigenvalue weighted by Gasteiger charge is 2.18. The topological polar surface area (TPSA) is 16.4 Å². The van der Waals surface area contributed by atoms with Crippen molar-refractivity contribution in [2.45, 2.75) is 0 Å². The van der Waals surface area contributed by atoms with Crippen molar-refractivity contribution >= 4 is 49.8 Å². The molecule has 0 saturated heterocycles. The maximum atomic E-state index is 9.46. The highest BCUT2D eigenvalue weighted by atomic mass is 16.3. The second kappa shape index (κ2) is 15.1. The van der Waals surface area contributed by atoms with Crippen LogP contribution in [0.4, 0.5) is 17.1 Å². The summed E-state index contributed by atoms with van der Waals surface area (Å²) in [6.45, 7) is 0. The van der Waals surface area contributed by atoms with Gasteiger partial charge in [0.15, 0.2) is 0 Å². The Morgan fingerprint density at radius 2 is 0.817 bits per heavy atom. The summed E-state index contributed by atoms with van der Waals surface area (Å²) < 4.78 is 66.6. The van der Waals surface area contributed by atoms with E-state index in [1.807, 2.05) is 36.4 Å². The van der Waals surface area contributed by atoms with Gasteiger partial charge in [0.1, 0.15) is 11.2 Å². The van der Waals surface area contributed by atoms with Crippen LogP contribution in [0.15, 0.2) is 241 Å². The molecule has 1 aromatic heterocycles. The van der Waals surface area contributed by atoms with Crippen LogP contribution in [0.25, 0.3) is 88.3 Å². The molecule has 0 amide bonds. The van der Waals surface area contributed by atoms with Gasteiger partial charge in [0, 0.05) is 27.7 Å². The van der Waals surface area contributed by atoms with Crippen LogP contribution in [-0.4, -0.2) is 0 Å². The standard InChI is InChI=1S/C58H39NO/c1-3-11-40(12-4-1)41-19-21-42(22-20-41)44-29-34-50(35-30-44)59(55-17-9-7-15-52(55)47-13-5-2-6-14-47)51-36-31-45(32-37-51)43-23-25-46(26-24-43)49-28-27-48-33-38-57-58(54(48)39-49)53-16-8-10-18-56(53)60-57/h1-39H/i8D,10D,16D,18D,33D,38D,39D. The SMILES string of the molecule is [2H]c1c([2H])c([2H])c2c(oc3c([2H])c([2H])c4ccc(-c5ccc(-c6ccc(N(c7ccc(-c8ccc(-c9ccccc9)cc8)cc7)c7ccccc7-c7ccccc7)cc6)cc5)c([2H])c4c32)c1[2H]. The van der Waals surface area contributed by atoms with Crippen LogP contribution < -0.4 is 4.90 Å². The van der Waals surface area contributed by atoms with Crippen molar-refractivity contribution in [2.24, 2.45) is 0 Å². The smallest absolute Gasteiger partial charge is 0.136 e. The molecule has 0 bridgehead atoms. The Hall–Kier alpha value is -7.94. The molecular formula is C58H39NO. The minimum absolute atomic E-state index is 0.0342. The summed E-state index contributed by atoms with van der Waals surface area (Å²) in [5.74, 6) is 0. The molecule has 0 aliphatic rings. The van der Waals surface area contributed by atoms with Gasteiger partial charge in [0.05, 0.1) is 15.3 Å². The van der Waals surface area contributed by atoms with Gasteiger partial charge in [0.25, 0.3) is 0 Å². The number of furan rings is 1. The number of anilines is 3. The van der Waals surface area contributed by atoms with Gasteiger partial charge in [0.2, 0.25) is 0 Å². The van der Waals surface area contributed by atoms with E-state index in [1.165, 1.54) is 11.1 Å². The number of benzene rings is 10. The molecule has 282 valence electrons. The monoisotopic (exact) mass is 772 g/mol. The van der Waals surface area contributed by atoms with Crippen molar-refractivity contribution in [3.8, 4) is 55.6 Å². The Morgan fingerprint density at radius 3 is 1.42 bits per heavy atom. The van der Waals surface area contributed by atoms with Gasteiger partial charge >= 0.3 is 0 Å². The summed E-state index contributed by atoms with van der Waals surface area (Å²) >= 11 is 0. The van der Waals surface area contributed by atoms with Crippen LogP contribution >= 0.6 is 0 Å². The highest BCUT2D eigenvalue weighted by Crippen LogP contribution is 2.42. The summed E-state index contributed by atoms with van der Waals surface area (Å²) in [7, 11) is 0. The number of fused-ring (bicyclic) bond motifs is 5. The van der Waals surface area contributed by atoms with Gasteiger partial charge in [-0.15, -0.1) is 0 Å². The van der Waals surface area contributed by atoms with Gasteiger partial charge in [-0.05, 0) is 109 Å². The maximum absolute atomic E-state index is 9.46. The maximum Gasteiger partial charge on any atom is 0.136 e. The Bertz CT molecular complexity index is 3670. The molecule has 11 rings (SSSR count). The molecule has 11 aromatic rings. The van der Waals surface area contributed by atoms with E-state index in [-0.39, 0.29) is 52.2 Å². The lowest BCUT2D eigenvalue weighted by atomic mass is 9.96. The quantitative estimate of drug-likeness (QED) is 0.153. The Morgan fingerprint density at radius 1 is 0.350 bits per heavy atom. The summed E-state index contributed by atoms with van der Waals surface area (Å²) in [6.07, 6.45) is 0. The average molecular weight is 773 g/mol. The third-order valence-electron chi connectivity index (χ3n) is 11.2. The zero-order valence-electron chi connectivity index (χ0n) is 39.3. The molecule has 0 unspecified atom stereocenters. The molecule has 10 aromatic carbocycles. The molecule has 0 saturated carbocycles. The van der Waals surface area contributed by atoms with Gasteiger partial charge < -0.3 is 9.32 Å². The molecule has 0 aliphatic carbocycles. The lowest BCUT2D eigenvalue weighted by Gasteiger charge is -2.28. The molecule has 0 radical (unpaired) electrons. The fourth-order valence-electron chi connectivity index (χ4n) is 8.13. The van der Waals surface area contributed by atoms with E-state index in [2.05, 4.69) is 150 Å². The van der Waals surface area contributed by atoms with Crippen molar-refractivity contribution in [2.75, 3.05) is 4.90 Å². The first-order chi connectivity index (χ1) is 32.7. The van der Waals surface area contributed by atoms with E-state index in [1.54, 1.807) is 12.1 Å². The van der Waals surface area contributed by atoms with Crippen LogP contribution in [0.3, 0.4) is 0 Å². The van der Waals surface area contributed by atoms with Crippen molar-refractivity contribution in [3.63, 3.8) is 0 Å². The van der Waals surface area contributed by atoms with Crippen LogP contribution in [0.1, 0.15) is 9.60 Å². The van der Waals surface area contributed by atoms with E-state index in [4.69, 9.17) is 12.6 Å². The molecule has 0 fully saturated rings. The van der Waals surface area contributed by atoms with Crippen molar-refractivity contribution in [1.82, 2.24) is 0 Å². The highest BCUT2D eigenvalue weighted by molar-refractivity contribution is 6.19. The lowest BCUT2D eigenvalue weighted by Crippen LogP contribution is -2.11. The number of nitrogens with zero attached hydrogens (tertiary/aromatic N) is 1. The molecule has 60 heavy (non-hydrogen) atoms. The molecule has 0 aliphatic heterocycles. The minimum Gasteiger partial charge on any atom is -0.456 e.